The third-order valence-corrected chi connectivity index (χ3v) is 4.80. The van der Waals surface area contributed by atoms with E-state index in [-0.39, 0.29) is 18.2 Å². The highest BCUT2D eigenvalue weighted by Crippen LogP contribution is 2.25. The van der Waals surface area contributed by atoms with Gasteiger partial charge in [-0.3, -0.25) is 4.79 Å². The van der Waals surface area contributed by atoms with Crippen molar-refractivity contribution < 1.29 is 19.1 Å². The molecule has 0 radical (unpaired) electrons. The van der Waals surface area contributed by atoms with Crippen molar-refractivity contribution in [2.75, 3.05) is 20.3 Å². The molecule has 0 aliphatic rings. The maximum absolute atomic E-state index is 13.0. The number of pyridine rings is 1. The summed E-state index contributed by atoms with van der Waals surface area (Å²) in [5.74, 6) is 1.30. The lowest BCUT2D eigenvalue weighted by Crippen LogP contribution is -2.32. The fourth-order valence-electron chi connectivity index (χ4n) is 3.16. The highest BCUT2D eigenvalue weighted by Gasteiger charge is 2.20. The topological polar surface area (TPSA) is 134 Å². The van der Waals surface area contributed by atoms with Crippen molar-refractivity contribution in [1.82, 2.24) is 25.1 Å². The number of amides is 2. The molecule has 10 nitrogen and oxygen atoms in total. The average Bonchev–Trinajstić information content (AvgIpc) is 3.32. The molecular weight excluding hydrogens is 436 g/mol. The van der Waals surface area contributed by atoms with E-state index in [0.717, 1.165) is 5.56 Å². The second kappa shape index (κ2) is 10.3. The van der Waals surface area contributed by atoms with Crippen molar-refractivity contribution in [3.8, 4) is 28.7 Å². The van der Waals surface area contributed by atoms with Crippen LogP contribution < -0.4 is 20.5 Å². The molecule has 172 valence electrons. The van der Waals surface area contributed by atoms with E-state index in [1.807, 2.05) is 18.2 Å². The summed E-state index contributed by atoms with van der Waals surface area (Å²) in [5.41, 5.74) is 6.87. The van der Waals surface area contributed by atoms with Gasteiger partial charge in [-0.15, -0.1) is 5.10 Å². The molecule has 0 aliphatic heterocycles. The number of nitrogens with one attached hydrogen (secondary N) is 1. The van der Waals surface area contributed by atoms with Gasteiger partial charge in [0, 0.05) is 17.2 Å². The van der Waals surface area contributed by atoms with Crippen LogP contribution in [0.15, 0.2) is 72.9 Å². The quantitative estimate of drug-likeness (QED) is 0.291. The summed E-state index contributed by atoms with van der Waals surface area (Å²) in [7, 11) is 1.53. The predicted molar refractivity (Wildman–Crippen MR) is 124 cm³/mol. The van der Waals surface area contributed by atoms with Gasteiger partial charge < -0.3 is 20.5 Å². The molecule has 2 heterocycles. The zero-order valence-corrected chi connectivity index (χ0v) is 18.3. The summed E-state index contributed by atoms with van der Waals surface area (Å²) in [4.78, 5) is 32.5. The van der Waals surface area contributed by atoms with Crippen molar-refractivity contribution in [2.24, 2.45) is 5.73 Å². The molecule has 2 aromatic carbocycles. The first-order valence-corrected chi connectivity index (χ1v) is 10.4. The van der Waals surface area contributed by atoms with E-state index in [1.54, 1.807) is 59.4 Å². The summed E-state index contributed by atoms with van der Waals surface area (Å²) in [6.45, 7) is 0.562. The number of hydrogen-bond donors (Lipinski definition) is 2. The number of urea groups is 1. The number of rotatable bonds is 9. The minimum atomic E-state index is -0.604. The summed E-state index contributed by atoms with van der Waals surface area (Å²) < 4.78 is 12.3. The van der Waals surface area contributed by atoms with E-state index in [9.17, 15) is 9.59 Å². The zero-order chi connectivity index (χ0) is 23.9. The normalized spacial score (nSPS) is 10.5. The van der Waals surface area contributed by atoms with Crippen LogP contribution in [0.4, 0.5) is 4.79 Å². The van der Waals surface area contributed by atoms with Crippen LogP contribution in [-0.4, -0.2) is 51.8 Å². The number of benzene rings is 2. The molecule has 0 spiro atoms. The fraction of sp³-hybridized carbons (Fsp3) is 0.125. The Morgan fingerprint density at radius 1 is 1.03 bits per heavy atom. The van der Waals surface area contributed by atoms with Crippen LogP contribution in [0.2, 0.25) is 0 Å². The number of ketones is 1. The summed E-state index contributed by atoms with van der Waals surface area (Å²) in [6, 6.07) is 18.9. The second-order valence-electron chi connectivity index (χ2n) is 7.09. The maximum Gasteiger partial charge on any atom is 0.312 e. The minimum Gasteiger partial charge on any atom is -0.492 e. The van der Waals surface area contributed by atoms with E-state index in [0.29, 0.717) is 35.2 Å². The monoisotopic (exact) mass is 458 g/mol. The van der Waals surface area contributed by atoms with Crippen molar-refractivity contribution >= 4 is 11.8 Å². The van der Waals surface area contributed by atoms with Crippen molar-refractivity contribution in [2.45, 2.75) is 0 Å². The van der Waals surface area contributed by atoms with Crippen molar-refractivity contribution in [1.29, 1.82) is 0 Å². The van der Waals surface area contributed by atoms with Crippen LogP contribution in [0.5, 0.6) is 11.6 Å². The van der Waals surface area contributed by atoms with Crippen molar-refractivity contribution in [3.05, 3.63) is 84.3 Å². The zero-order valence-electron chi connectivity index (χ0n) is 18.3. The molecule has 10 heteroatoms. The van der Waals surface area contributed by atoms with Crippen LogP contribution in [-0.2, 0) is 0 Å². The molecule has 0 aliphatic carbocycles. The third-order valence-electron chi connectivity index (χ3n) is 4.80. The highest BCUT2D eigenvalue weighted by atomic mass is 16.5. The first-order chi connectivity index (χ1) is 16.5. The molecule has 0 saturated heterocycles. The molecule has 2 aromatic heterocycles. The van der Waals surface area contributed by atoms with Crippen LogP contribution in [0, 0.1) is 0 Å². The number of aromatic nitrogens is 4. The van der Waals surface area contributed by atoms with Gasteiger partial charge in [0.1, 0.15) is 12.4 Å². The Labute approximate surface area is 195 Å². The Kier molecular flexibility index (Phi) is 6.78. The molecule has 34 heavy (non-hydrogen) atoms. The molecule has 0 atom stereocenters. The minimum absolute atomic E-state index is 0.0647. The first-order valence-electron chi connectivity index (χ1n) is 10.4. The average molecular weight is 458 g/mol. The Balaban J connectivity index is 1.65. The van der Waals surface area contributed by atoms with E-state index in [4.69, 9.17) is 15.2 Å². The van der Waals surface area contributed by atoms with Crippen LogP contribution >= 0.6 is 0 Å². The number of nitrogens with two attached hydrogens (primary N) is 1. The lowest BCUT2D eigenvalue weighted by Gasteiger charge is -2.09. The van der Waals surface area contributed by atoms with E-state index >= 15 is 0 Å². The number of methoxy groups -OCH3 is 1. The highest BCUT2D eigenvalue weighted by molar-refractivity contribution is 6.06. The number of hydrogen-bond acceptors (Lipinski definition) is 7. The number of carbonyl (C=O) groups excluding carboxylic acids is 2. The molecule has 0 saturated carbocycles. The van der Waals surface area contributed by atoms with Gasteiger partial charge in [-0.2, -0.15) is 0 Å². The standard InChI is InChI=1S/C24H22N6O4/c1-33-20-12-9-18(15-27-20)30-23(28-22(29-30)21(31)16-5-3-2-4-6-16)17-7-10-19(11-8-17)34-14-13-26-24(25)32/h2-12,15H,13-14H2,1H3,(H3,25,26,32). The number of carbonyl (C=O) groups is 2. The van der Waals surface area contributed by atoms with Gasteiger partial charge in [-0.1, -0.05) is 30.3 Å². The molecule has 4 aromatic rings. The van der Waals surface area contributed by atoms with E-state index in [1.165, 1.54) is 7.11 Å². The van der Waals surface area contributed by atoms with Gasteiger partial charge >= 0.3 is 6.03 Å². The van der Waals surface area contributed by atoms with Crippen LogP contribution in [0.25, 0.3) is 17.1 Å². The predicted octanol–water partition coefficient (Wildman–Crippen LogP) is 2.62. The van der Waals surface area contributed by atoms with Gasteiger partial charge in [0.2, 0.25) is 17.5 Å². The number of primary amides is 1. The summed E-state index contributed by atoms with van der Waals surface area (Å²) >= 11 is 0. The third kappa shape index (κ3) is 5.18. The lowest BCUT2D eigenvalue weighted by atomic mass is 10.1. The Hall–Kier alpha value is -4.73. The maximum atomic E-state index is 13.0. The van der Waals surface area contributed by atoms with E-state index < -0.39 is 6.03 Å². The van der Waals surface area contributed by atoms with Crippen molar-refractivity contribution in [3.63, 3.8) is 0 Å². The van der Waals surface area contributed by atoms with Crippen LogP contribution in [0.1, 0.15) is 16.2 Å². The molecule has 2 amide bonds. The Morgan fingerprint density at radius 2 is 1.79 bits per heavy atom. The lowest BCUT2D eigenvalue weighted by molar-refractivity contribution is 0.102. The molecule has 0 fully saturated rings. The largest absolute Gasteiger partial charge is 0.492 e. The van der Waals surface area contributed by atoms with Crippen LogP contribution in [0.3, 0.4) is 0 Å². The van der Waals surface area contributed by atoms with Gasteiger partial charge in [0.25, 0.3) is 0 Å². The molecular formula is C24H22N6O4. The molecule has 3 N–H and O–H groups in total. The molecule has 0 unspecified atom stereocenters. The Bertz CT molecular complexity index is 1270. The van der Waals surface area contributed by atoms with Gasteiger partial charge in [-0.25, -0.2) is 19.4 Å². The van der Waals surface area contributed by atoms with Gasteiger partial charge in [-0.05, 0) is 30.3 Å². The smallest absolute Gasteiger partial charge is 0.312 e. The molecule has 4 rings (SSSR count). The van der Waals surface area contributed by atoms with Gasteiger partial charge in [0.15, 0.2) is 5.82 Å². The second-order valence-corrected chi connectivity index (χ2v) is 7.09. The fourth-order valence-corrected chi connectivity index (χ4v) is 3.16. The summed E-state index contributed by atoms with van der Waals surface area (Å²) in [6.07, 6.45) is 1.59. The van der Waals surface area contributed by atoms with Gasteiger partial charge in [0.05, 0.1) is 25.5 Å². The summed E-state index contributed by atoms with van der Waals surface area (Å²) in [5, 5.41) is 6.94. The molecule has 0 bridgehead atoms. The van der Waals surface area contributed by atoms with E-state index in [2.05, 4.69) is 20.4 Å². The Morgan fingerprint density at radius 3 is 2.44 bits per heavy atom. The number of ether oxygens (including phenoxy) is 2. The first kappa shape index (κ1) is 22.5. The SMILES string of the molecule is COc1ccc(-n2nc(C(=O)c3ccccc3)nc2-c2ccc(OCCNC(N)=O)cc2)cn1. The number of nitrogens with zero attached hydrogens (tertiary/aromatic N) is 4.